The van der Waals surface area contributed by atoms with Crippen LogP contribution in [0.3, 0.4) is 0 Å². The first-order valence-corrected chi connectivity index (χ1v) is 2.09. The van der Waals surface area contributed by atoms with Crippen LogP contribution in [-0.4, -0.2) is 0 Å². The summed E-state index contributed by atoms with van der Waals surface area (Å²) in [6.07, 6.45) is 3.58. The summed E-state index contributed by atoms with van der Waals surface area (Å²) in [5, 5.41) is 0. The number of rotatable bonds is 1. The molecule has 0 heterocycles. The molecule has 0 rings (SSSR count). The van der Waals surface area contributed by atoms with Crippen LogP contribution in [0.2, 0.25) is 0 Å². The van der Waals surface area contributed by atoms with Gasteiger partial charge in [-0.1, -0.05) is 12.7 Å². The molecule has 0 amide bonds. The third-order valence-electron chi connectivity index (χ3n) is 0.550. The molecule has 0 aromatic rings. The van der Waals surface area contributed by atoms with Crippen molar-refractivity contribution in [2.24, 2.45) is 5.73 Å². The molecule has 0 aliphatic heterocycles. The van der Waals surface area contributed by atoms with Crippen LogP contribution < -0.4 is 5.73 Å². The van der Waals surface area contributed by atoms with Gasteiger partial charge in [0.25, 0.3) is 0 Å². The van der Waals surface area contributed by atoms with Gasteiger partial charge in [-0.3, -0.25) is 0 Å². The van der Waals surface area contributed by atoms with Gasteiger partial charge >= 0.3 is 0 Å². The van der Waals surface area contributed by atoms with Gasteiger partial charge in [-0.05, 0) is 13.0 Å². The maximum atomic E-state index is 5.24. The molecular weight excluding hydrogens is 86.1 g/mol. The van der Waals surface area contributed by atoms with Crippen LogP contribution in [0.4, 0.5) is 0 Å². The SMILES string of the molecule is C=C=C(N)/C=C\C. The highest BCUT2D eigenvalue weighted by molar-refractivity contribution is 5.11. The highest BCUT2D eigenvalue weighted by Gasteiger charge is 1.68. The van der Waals surface area contributed by atoms with E-state index in [0.717, 1.165) is 0 Å². The zero-order chi connectivity index (χ0) is 5.70. The average Bonchev–Trinajstić information content (AvgIpc) is 1.68. The molecule has 0 bridgehead atoms. The molecule has 0 aliphatic carbocycles. The topological polar surface area (TPSA) is 26.0 Å². The number of allylic oxidation sites excluding steroid dienone is 2. The lowest BCUT2D eigenvalue weighted by Gasteiger charge is -1.78. The van der Waals surface area contributed by atoms with E-state index in [1.807, 2.05) is 13.0 Å². The highest BCUT2D eigenvalue weighted by Crippen LogP contribution is 1.78. The zero-order valence-electron chi connectivity index (χ0n) is 4.44. The first-order valence-electron chi connectivity index (χ1n) is 2.09. The average molecular weight is 95.1 g/mol. The van der Waals surface area contributed by atoms with Crippen LogP contribution in [-0.2, 0) is 0 Å². The molecule has 38 valence electrons. The lowest BCUT2D eigenvalue weighted by molar-refractivity contribution is 1.43. The van der Waals surface area contributed by atoms with E-state index >= 15 is 0 Å². The van der Waals surface area contributed by atoms with E-state index in [0.29, 0.717) is 5.70 Å². The lowest BCUT2D eigenvalue weighted by Crippen LogP contribution is -1.88. The minimum Gasteiger partial charge on any atom is -0.392 e. The fraction of sp³-hybridized carbons (Fsp3) is 0.167. The summed E-state index contributed by atoms with van der Waals surface area (Å²) in [6, 6.07) is 0. The molecule has 0 aliphatic rings. The van der Waals surface area contributed by atoms with Crippen molar-refractivity contribution in [3.05, 3.63) is 30.2 Å². The van der Waals surface area contributed by atoms with E-state index in [9.17, 15) is 0 Å². The van der Waals surface area contributed by atoms with Crippen LogP contribution in [0.25, 0.3) is 0 Å². The Kier molecular flexibility index (Phi) is 2.82. The lowest BCUT2D eigenvalue weighted by atomic mass is 10.4. The second kappa shape index (κ2) is 3.26. The zero-order valence-corrected chi connectivity index (χ0v) is 4.44. The molecule has 0 saturated carbocycles. The fourth-order valence-corrected chi connectivity index (χ4v) is 0.238. The Bertz CT molecular complexity index is 116. The number of hydrogen-bond donors (Lipinski definition) is 1. The molecule has 1 nitrogen and oxygen atoms in total. The van der Waals surface area contributed by atoms with Crippen LogP contribution >= 0.6 is 0 Å². The van der Waals surface area contributed by atoms with Gasteiger partial charge in [-0.25, -0.2) is 0 Å². The maximum Gasteiger partial charge on any atom is 0.0738 e. The Morgan fingerprint density at radius 2 is 2.43 bits per heavy atom. The molecule has 0 radical (unpaired) electrons. The van der Waals surface area contributed by atoms with Gasteiger partial charge < -0.3 is 5.73 Å². The van der Waals surface area contributed by atoms with Gasteiger partial charge in [0.15, 0.2) is 0 Å². The second-order valence-electron chi connectivity index (χ2n) is 1.13. The van der Waals surface area contributed by atoms with E-state index in [1.54, 1.807) is 6.08 Å². The van der Waals surface area contributed by atoms with E-state index < -0.39 is 0 Å². The largest absolute Gasteiger partial charge is 0.392 e. The third-order valence-corrected chi connectivity index (χ3v) is 0.550. The normalized spacial score (nSPS) is 8.71. The molecule has 0 saturated heterocycles. The van der Waals surface area contributed by atoms with Crippen molar-refractivity contribution >= 4 is 0 Å². The van der Waals surface area contributed by atoms with E-state index in [2.05, 4.69) is 12.3 Å². The molecular formula is C6H9N. The Morgan fingerprint density at radius 1 is 1.86 bits per heavy atom. The summed E-state index contributed by atoms with van der Waals surface area (Å²) in [5.41, 5.74) is 8.35. The standard InChI is InChI=1S/C6H9N/c1-3-5-6(7)4-2/h3,5H,2,7H2,1H3/b5-3-. The Morgan fingerprint density at radius 3 is 2.57 bits per heavy atom. The third kappa shape index (κ3) is 2.87. The van der Waals surface area contributed by atoms with Crippen molar-refractivity contribution in [1.29, 1.82) is 0 Å². The minimum absolute atomic E-state index is 0.586. The van der Waals surface area contributed by atoms with Crippen molar-refractivity contribution in [3.63, 3.8) is 0 Å². The summed E-state index contributed by atoms with van der Waals surface area (Å²) in [7, 11) is 0. The highest BCUT2D eigenvalue weighted by atomic mass is 14.5. The summed E-state index contributed by atoms with van der Waals surface area (Å²) in [6.45, 7) is 5.23. The Hall–Kier alpha value is -0.940. The van der Waals surface area contributed by atoms with E-state index in [4.69, 9.17) is 5.73 Å². The van der Waals surface area contributed by atoms with Gasteiger partial charge in [0.05, 0.1) is 5.70 Å². The van der Waals surface area contributed by atoms with Crippen LogP contribution in [0.5, 0.6) is 0 Å². The molecule has 0 spiro atoms. The summed E-state index contributed by atoms with van der Waals surface area (Å²) in [4.78, 5) is 0. The summed E-state index contributed by atoms with van der Waals surface area (Å²) >= 11 is 0. The molecule has 0 aromatic heterocycles. The quantitative estimate of drug-likeness (QED) is 0.384. The first-order chi connectivity index (χ1) is 3.31. The van der Waals surface area contributed by atoms with Gasteiger partial charge in [0, 0.05) is 0 Å². The van der Waals surface area contributed by atoms with Crippen LogP contribution in [0.15, 0.2) is 30.2 Å². The predicted octanol–water partition coefficient (Wildman–Crippen LogP) is 1.19. The van der Waals surface area contributed by atoms with Gasteiger partial charge in [-0.15, -0.1) is 5.73 Å². The smallest absolute Gasteiger partial charge is 0.0738 e. The van der Waals surface area contributed by atoms with E-state index in [1.165, 1.54) is 0 Å². The minimum atomic E-state index is 0.586. The van der Waals surface area contributed by atoms with Crippen molar-refractivity contribution in [2.45, 2.75) is 6.92 Å². The van der Waals surface area contributed by atoms with Gasteiger partial charge in [0.1, 0.15) is 0 Å². The first kappa shape index (κ1) is 6.06. The molecule has 0 atom stereocenters. The Labute approximate surface area is 43.8 Å². The fourth-order valence-electron chi connectivity index (χ4n) is 0.238. The summed E-state index contributed by atoms with van der Waals surface area (Å²) < 4.78 is 0. The molecule has 0 unspecified atom stereocenters. The second-order valence-corrected chi connectivity index (χ2v) is 1.13. The molecule has 7 heavy (non-hydrogen) atoms. The molecule has 1 heteroatoms. The monoisotopic (exact) mass is 95.1 g/mol. The number of nitrogens with two attached hydrogens (primary N) is 1. The van der Waals surface area contributed by atoms with Crippen molar-refractivity contribution in [2.75, 3.05) is 0 Å². The van der Waals surface area contributed by atoms with Gasteiger partial charge in [0.2, 0.25) is 0 Å². The van der Waals surface area contributed by atoms with Crippen LogP contribution in [0, 0.1) is 0 Å². The maximum absolute atomic E-state index is 5.24. The van der Waals surface area contributed by atoms with Crippen molar-refractivity contribution < 1.29 is 0 Å². The summed E-state index contributed by atoms with van der Waals surface area (Å²) in [5.74, 6) is 0. The van der Waals surface area contributed by atoms with Crippen molar-refractivity contribution in [3.8, 4) is 0 Å². The van der Waals surface area contributed by atoms with Crippen molar-refractivity contribution in [1.82, 2.24) is 0 Å². The number of hydrogen-bond acceptors (Lipinski definition) is 1. The van der Waals surface area contributed by atoms with E-state index in [-0.39, 0.29) is 0 Å². The predicted molar refractivity (Wildman–Crippen MR) is 31.7 cm³/mol. The molecule has 2 N–H and O–H groups in total. The molecule has 0 fully saturated rings. The van der Waals surface area contributed by atoms with Crippen LogP contribution in [0.1, 0.15) is 6.92 Å². The molecule has 0 aromatic carbocycles. The Balaban J connectivity index is 3.83. The van der Waals surface area contributed by atoms with Gasteiger partial charge in [-0.2, -0.15) is 0 Å².